The molecule has 4 bridgehead atoms. The highest BCUT2D eigenvalue weighted by atomic mass is 35.5. The lowest BCUT2D eigenvalue weighted by molar-refractivity contribution is -0.0503. The van der Waals surface area contributed by atoms with Crippen molar-refractivity contribution in [2.45, 2.75) is 45.1 Å². The van der Waals surface area contributed by atoms with Gasteiger partial charge >= 0.3 is 0 Å². The molecule has 1 aromatic rings. The Morgan fingerprint density at radius 3 is 2.34 bits per heavy atom. The number of hydrogen-bond acceptors (Lipinski definition) is 3. The monoisotopic (exact) mass is 437 g/mol. The summed E-state index contributed by atoms with van der Waals surface area (Å²) in [6.45, 7) is 5.88. The molecule has 2 N–H and O–H groups in total. The number of hydrogen-bond donors (Lipinski definition) is 2. The van der Waals surface area contributed by atoms with Crippen LogP contribution in [-0.2, 0) is 6.54 Å². The molecule has 160 valence electrons. The predicted octanol–water partition coefficient (Wildman–Crippen LogP) is 4.11. The van der Waals surface area contributed by atoms with E-state index in [4.69, 9.17) is 11.6 Å². The second-order valence-corrected chi connectivity index (χ2v) is 10.3. The van der Waals surface area contributed by atoms with Gasteiger partial charge in [-0.05, 0) is 79.4 Å². The zero-order valence-corrected chi connectivity index (χ0v) is 18.7. The van der Waals surface area contributed by atoms with Gasteiger partial charge in [0.15, 0.2) is 0 Å². The summed E-state index contributed by atoms with van der Waals surface area (Å²) >= 11 is 6.40. The van der Waals surface area contributed by atoms with Crippen LogP contribution in [-0.4, -0.2) is 43.5 Å². The average molecular weight is 438 g/mol. The summed E-state index contributed by atoms with van der Waals surface area (Å²) in [5.41, 5.74) is 2.17. The summed E-state index contributed by atoms with van der Waals surface area (Å²) in [7, 11) is 0. The van der Waals surface area contributed by atoms with Gasteiger partial charge in [-0.25, -0.2) is 0 Å². The maximum atomic E-state index is 13.0. The third-order valence-electron chi connectivity index (χ3n) is 7.68. The quantitative estimate of drug-likeness (QED) is 0.727. The summed E-state index contributed by atoms with van der Waals surface area (Å²) in [5, 5.41) is 7.23. The molecule has 0 unspecified atom stereocenters. The van der Waals surface area contributed by atoms with Crippen molar-refractivity contribution in [3.63, 3.8) is 0 Å². The SMILES string of the molecule is Cl.O=C(NCC12CC3CC(CC(C3)C1)C2)c1cc(CN2CCNCC2)ccc1Cl. The minimum absolute atomic E-state index is 0. The van der Waals surface area contributed by atoms with Gasteiger partial charge in [-0.2, -0.15) is 0 Å². The first-order valence-corrected chi connectivity index (χ1v) is 11.5. The maximum Gasteiger partial charge on any atom is 0.252 e. The molecule has 4 nitrogen and oxygen atoms in total. The van der Waals surface area contributed by atoms with Gasteiger partial charge in [0.1, 0.15) is 0 Å². The molecular formula is C23H33Cl2N3O. The van der Waals surface area contributed by atoms with E-state index in [1.807, 2.05) is 12.1 Å². The number of amides is 1. The van der Waals surface area contributed by atoms with Crippen LogP contribution in [0.3, 0.4) is 0 Å². The molecule has 1 aliphatic heterocycles. The van der Waals surface area contributed by atoms with E-state index in [9.17, 15) is 4.79 Å². The zero-order chi connectivity index (χ0) is 19.1. The van der Waals surface area contributed by atoms with Crippen LogP contribution in [0.4, 0.5) is 0 Å². The van der Waals surface area contributed by atoms with Gasteiger partial charge in [-0.15, -0.1) is 12.4 Å². The van der Waals surface area contributed by atoms with Gasteiger partial charge in [0.05, 0.1) is 10.6 Å². The van der Waals surface area contributed by atoms with E-state index >= 15 is 0 Å². The Labute approximate surface area is 185 Å². The van der Waals surface area contributed by atoms with E-state index in [1.54, 1.807) is 0 Å². The van der Waals surface area contributed by atoms with Crippen LogP contribution in [0.5, 0.6) is 0 Å². The van der Waals surface area contributed by atoms with E-state index in [1.165, 1.54) is 44.1 Å². The fourth-order valence-electron chi connectivity index (χ4n) is 6.84. The fourth-order valence-corrected chi connectivity index (χ4v) is 7.05. The molecule has 0 radical (unpaired) electrons. The van der Waals surface area contributed by atoms with Crippen molar-refractivity contribution in [2.75, 3.05) is 32.7 Å². The largest absolute Gasteiger partial charge is 0.351 e. The first-order valence-electron chi connectivity index (χ1n) is 11.1. The van der Waals surface area contributed by atoms with Crippen LogP contribution in [0.25, 0.3) is 0 Å². The standard InChI is InChI=1S/C23H32ClN3O.ClH/c24-21-2-1-16(14-27-5-3-25-4-6-27)10-20(21)22(28)26-15-23-11-17-7-18(12-23)9-19(8-17)13-23;/h1-2,10,17-19,25H,3-9,11-15H2,(H,26,28);1H. The van der Waals surface area contributed by atoms with Crippen LogP contribution in [0.2, 0.25) is 5.02 Å². The van der Waals surface area contributed by atoms with Gasteiger partial charge in [0.25, 0.3) is 5.91 Å². The lowest BCUT2D eigenvalue weighted by Crippen LogP contribution is -2.51. The highest BCUT2D eigenvalue weighted by Crippen LogP contribution is 2.59. The van der Waals surface area contributed by atoms with Crippen LogP contribution in [0.1, 0.15) is 54.4 Å². The molecule has 4 aliphatic carbocycles. The van der Waals surface area contributed by atoms with Crippen LogP contribution in [0.15, 0.2) is 18.2 Å². The number of nitrogens with one attached hydrogen (secondary N) is 2. The third-order valence-corrected chi connectivity index (χ3v) is 8.01. The van der Waals surface area contributed by atoms with Gasteiger partial charge in [-0.3, -0.25) is 9.69 Å². The Hall–Kier alpha value is -0.810. The highest BCUT2D eigenvalue weighted by molar-refractivity contribution is 6.33. The molecule has 5 aliphatic rings. The van der Waals surface area contributed by atoms with Gasteiger partial charge in [0, 0.05) is 39.3 Å². The summed E-state index contributed by atoms with van der Waals surface area (Å²) in [4.78, 5) is 15.4. The van der Waals surface area contributed by atoms with E-state index < -0.39 is 0 Å². The Bertz CT molecular complexity index is 712. The van der Waals surface area contributed by atoms with E-state index in [0.717, 1.165) is 57.0 Å². The van der Waals surface area contributed by atoms with Crippen LogP contribution < -0.4 is 10.6 Å². The van der Waals surface area contributed by atoms with Gasteiger partial charge < -0.3 is 10.6 Å². The maximum absolute atomic E-state index is 13.0. The van der Waals surface area contributed by atoms with Crippen molar-refractivity contribution < 1.29 is 4.79 Å². The molecule has 1 amide bonds. The number of halogens is 2. The third kappa shape index (κ3) is 4.61. The number of benzene rings is 1. The van der Waals surface area contributed by atoms with E-state index in [0.29, 0.717) is 16.0 Å². The zero-order valence-electron chi connectivity index (χ0n) is 17.1. The summed E-state index contributed by atoms with van der Waals surface area (Å²) in [6.07, 6.45) is 8.26. The normalized spacial score (nSPS) is 33.3. The molecule has 6 heteroatoms. The Kier molecular flexibility index (Phi) is 6.46. The van der Waals surface area contributed by atoms with Crippen molar-refractivity contribution in [3.05, 3.63) is 34.3 Å². The molecule has 0 spiro atoms. The number of nitrogens with zero attached hydrogens (tertiary/aromatic N) is 1. The molecule has 6 rings (SSSR count). The number of carbonyl (C=O) groups is 1. The van der Waals surface area contributed by atoms with E-state index in [2.05, 4.69) is 21.6 Å². The summed E-state index contributed by atoms with van der Waals surface area (Å²) < 4.78 is 0. The molecular weight excluding hydrogens is 405 g/mol. The minimum Gasteiger partial charge on any atom is -0.351 e. The summed E-state index contributed by atoms with van der Waals surface area (Å²) in [6, 6.07) is 5.94. The molecule has 29 heavy (non-hydrogen) atoms. The lowest BCUT2D eigenvalue weighted by Gasteiger charge is -2.56. The number of rotatable bonds is 5. The van der Waals surface area contributed by atoms with Crippen molar-refractivity contribution in [1.29, 1.82) is 0 Å². The number of piperazine rings is 1. The first-order chi connectivity index (χ1) is 13.6. The second-order valence-electron chi connectivity index (χ2n) is 9.94. The lowest BCUT2D eigenvalue weighted by atomic mass is 9.49. The van der Waals surface area contributed by atoms with E-state index in [-0.39, 0.29) is 18.3 Å². The average Bonchev–Trinajstić information content (AvgIpc) is 2.67. The van der Waals surface area contributed by atoms with Crippen molar-refractivity contribution in [3.8, 4) is 0 Å². The molecule has 5 fully saturated rings. The minimum atomic E-state index is 0. The van der Waals surface area contributed by atoms with Crippen molar-refractivity contribution >= 4 is 29.9 Å². The first kappa shape index (κ1) is 21.4. The van der Waals surface area contributed by atoms with Gasteiger partial charge in [-0.1, -0.05) is 17.7 Å². The molecule has 1 aromatic carbocycles. The van der Waals surface area contributed by atoms with Crippen LogP contribution >= 0.6 is 24.0 Å². The summed E-state index contributed by atoms with van der Waals surface area (Å²) in [5.74, 6) is 2.74. The fraction of sp³-hybridized carbons (Fsp3) is 0.696. The predicted molar refractivity (Wildman–Crippen MR) is 120 cm³/mol. The molecule has 1 heterocycles. The van der Waals surface area contributed by atoms with Crippen LogP contribution in [0, 0.1) is 23.2 Å². The highest BCUT2D eigenvalue weighted by Gasteiger charge is 2.50. The topological polar surface area (TPSA) is 44.4 Å². The molecule has 0 aromatic heterocycles. The Balaban J connectivity index is 0.00000205. The smallest absolute Gasteiger partial charge is 0.252 e. The number of carbonyl (C=O) groups excluding carboxylic acids is 1. The molecule has 1 saturated heterocycles. The van der Waals surface area contributed by atoms with Gasteiger partial charge in [0.2, 0.25) is 0 Å². The van der Waals surface area contributed by atoms with Crippen molar-refractivity contribution in [2.24, 2.45) is 23.2 Å². The molecule has 0 atom stereocenters. The van der Waals surface area contributed by atoms with Crippen molar-refractivity contribution in [1.82, 2.24) is 15.5 Å². The Morgan fingerprint density at radius 1 is 1.10 bits per heavy atom. The Morgan fingerprint density at radius 2 is 1.72 bits per heavy atom. The molecule has 4 saturated carbocycles. The second kappa shape index (κ2) is 8.74.